The van der Waals surface area contributed by atoms with Crippen molar-refractivity contribution in [2.45, 2.75) is 46.8 Å². The van der Waals surface area contributed by atoms with Gasteiger partial charge in [0.1, 0.15) is 12.2 Å². The maximum Gasteiger partial charge on any atom is 0.140 e. The molecule has 0 bridgehead atoms. The summed E-state index contributed by atoms with van der Waals surface area (Å²) < 4.78 is 7.20. The standard InChI is InChI=1S/C13H26N4O/c1-10(2)7-17-13(15-9-16-17)6-14-12(8-18-5)11(3)4/h9-12,14H,6-8H2,1-5H3. The van der Waals surface area contributed by atoms with E-state index in [0.29, 0.717) is 17.9 Å². The van der Waals surface area contributed by atoms with Gasteiger partial charge in [-0.1, -0.05) is 27.7 Å². The van der Waals surface area contributed by atoms with Gasteiger partial charge in [-0.25, -0.2) is 9.67 Å². The first-order valence-electron chi connectivity index (χ1n) is 6.63. The first-order chi connectivity index (χ1) is 8.54. The molecule has 0 saturated heterocycles. The Kier molecular flexibility index (Phi) is 6.29. The number of ether oxygens (including phenoxy) is 1. The van der Waals surface area contributed by atoms with Crippen LogP contribution in [0.15, 0.2) is 6.33 Å². The number of hydrogen-bond acceptors (Lipinski definition) is 4. The highest BCUT2D eigenvalue weighted by molar-refractivity contribution is 4.86. The maximum absolute atomic E-state index is 5.22. The van der Waals surface area contributed by atoms with E-state index in [-0.39, 0.29) is 0 Å². The second kappa shape index (κ2) is 7.48. The molecular weight excluding hydrogens is 228 g/mol. The van der Waals surface area contributed by atoms with E-state index >= 15 is 0 Å². The predicted octanol–water partition coefficient (Wildman–Crippen LogP) is 1.69. The van der Waals surface area contributed by atoms with Crippen LogP contribution in [0.25, 0.3) is 0 Å². The van der Waals surface area contributed by atoms with Crippen molar-refractivity contribution in [1.29, 1.82) is 0 Å². The normalized spacial score (nSPS) is 13.5. The molecule has 1 heterocycles. The van der Waals surface area contributed by atoms with Gasteiger partial charge in [0.15, 0.2) is 0 Å². The quantitative estimate of drug-likeness (QED) is 0.767. The molecule has 0 aliphatic heterocycles. The molecule has 5 nitrogen and oxygen atoms in total. The van der Waals surface area contributed by atoms with Crippen molar-refractivity contribution < 1.29 is 4.74 Å². The second-order valence-corrected chi connectivity index (χ2v) is 5.44. The van der Waals surface area contributed by atoms with Gasteiger partial charge in [-0.2, -0.15) is 5.10 Å². The zero-order valence-electron chi connectivity index (χ0n) is 12.2. The molecule has 1 aromatic rings. The van der Waals surface area contributed by atoms with Gasteiger partial charge >= 0.3 is 0 Å². The van der Waals surface area contributed by atoms with Gasteiger partial charge in [0.25, 0.3) is 0 Å². The smallest absolute Gasteiger partial charge is 0.140 e. The Labute approximate surface area is 110 Å². The van der Waals surface area contributed by atoms with Gasteiger partial charge in [-0.05, 0) is 11.8 Å². The molecule has 0 amide bonds. The average molecular weight is 254 g/mol. The van der Waals surface area contributed by atoms with Crippen LogP contribution in [-0.2, 0) is 17.8 Å². The minimum absolute atomic E-state index is 0.346. The number of nitrogens with one attached hydrogen (secondary N) is 1. The number of hydrogen-bond donors (Lipinski definition) is 1. The third kappa shape index (κ3) is 4.74. The van der Waals surface area contributed by atoms with E-state index in [0.717, 1.165) is 25.5 Å². The second-order valence-electron chi connectivity index (χ2n) is 5.44. The van der Waals surface area contributed by atoms with Crippen molar-refractivity contribution in [2.24, 2.45) is 11.8 Å². The number of aromatic nitrogens is 3. The highest BCUT2D eigenvalue weighted by Gasteiger charge is 2.14. The highest BCUT2D eigenvalue weighted by Crippen LogP contribution is 2.05. The Hall–Kier alpha value is -0.940. The lowest BCUT2D eigenvalue weighted by Gasteiger charge is -2.21. The number of methoxy groups -OCH3 is 1. The monoisotopic (exact) mass is 254 g/mol. The van der Waals surface area contributed by atoms with Crippen LogP contribution in [0.1, 0.15) is 33.5 Å². The van der Waals surface area contributed by atoms with Gasteiger partial charge < -0.3 is 10.1 Å². The SMILES string of the molecule is COCC(NCc1ncnn1CC(C)C)C(C)C. The van der Waals surface area contributed by atoms with Crippen LogP contribution >= 0.6 is 0 Å². The minimum Gasteiger partial charge on any atom is -0.383 e. The van der Waals surface area contributed by atoms with E-state index < -0.39 is 0 Å². The first-order valence-corrected chi connectivity index (χ1v) is 6.63. The molecule has 0 radical (unpaired) electrons. The first kappa shape index (κ1) is 15.1. The van der Waals surface area contributed by atoms with Crippen LogP contribution in [0.4, 0.5) is 0 Å². The minimum atomic E-state index is 0.346. The van der Waals surface area contributed by atoms with E-state index in [4.69, 9.17) is 4.74 Å². The molecule has 0 saturated carbocycles. The average Bonchev–Trinajstić information content (AvgIpc) is 2.70. The fourth-order valence-electron chi connectivity index (χ4n) is 1.81. The largest absolute Gasteiger partial charge is 0.383 e. The molecular formula is C13H26N4O. The molecule has 0 fully saturated rings. The third-order valence-corrected chi connectivity index (χ3v) is 2.91. The van der Waals surface area contributed by atoms with Gasteiger partial charge in [-0.3, -0.25) is 0 Å². The van der Waals surface area contributed by atoms with Gasteiger partial charge in [0, 0.05) is 19.7 Å². The van der Waals surface area contributed by atoms with E-state index in [1.165, 1.54) is 0 Å². The van der Waals surface area contributed by atoms with Crippen LogP contribution in [-0.4, -0.2) is 34.5 Å². The van der Waals surface area contributed by atoms with Crippen LogP contribution in [0.3, 0.4) is 0 Å². The van der Waals surface area contributed by atoms with Crippen LogP contribution in [0, 0.1) is 11.8 Å². The maximum atomic E-state index is 5.22. The summed E-state index contributed by atoms with van der Waals surface area (Å²) in [6, 6.07) is 0.346. The zero-order valence-corrected chi connectivity index (χ0v) is 12.2. The molecule has 1 atom stereocenters. The molecule has 0 aliphatic carbocycles. The summed E-state index contributed by atoms with van der Waals surface area (Å²) in [4.78, 5) is 4.31. The van der Waals surface area contributed by atoms with Crippen LogP contribution < -0.4 is 5.32 Å². The Morgan fingerprint density at radius 3 is 2.61 bits per heavy atom. The summed E-state index contributed by atoms with van der Waals surface area (Å²) >= 11 is 0. The third-order valence-electron chi connectivity index (χ3n) is 2.91. The lowest BCUT2D eigenvalue weighted by Crippen LogP contribution is -2.38. The van der Waals surface area contributed by atoms with Crippen LogP contribution in [0.5, 0.6) is 0 Å². The van der Waals surface area contributed by atoms with Crippen molar-refractivity contribution >= 4 is 0 Å². The van der Waals surface area contributed by atoms with E-state index in [1.807, 2.05) is 4.68 Å². The van der Waals surface area contributed by atoms with Gasteiger partial charge in [0.05, 0.1) is 13.2 Å². The summed E-state index contributed by atoms with van der Waals surface area (Å²) in [6.07, 6.45) is 1.63. The summed E-state index contributed by atoms with van der Waals surface area (Å²) in [6.45, 7) is 11.1. The van der Waals surface area contributed by atoms with Crippen molar-refractivity contribution in [1.82, 2.24) is 20.1 Å². The molecule has 18 heavy (non-hydrogen) atoms. The van der Waals surface area contributed by atoms with Crippen molar-refractivity contribution in [3.8, 4) is 0 Å². The fourth-order valence-corrected chi connectivity index (χ4v) is 1.81. The Balaban J connectivity index is 2.53. The highest BCUT2D eigenvalue weighted by atomic mass is 16.5. The van der Waals surface area contributed by atoms with Gasteiger partial charge in [0.2, 0.25) is 0 Å². The summed E-state index contributed by atoms with van der Waals surface area (Å²) in [5, 5.41) is 7.75. The molecule has 1 aromatic heterocycles. The fraction of sp³-hybridized carbons (Fsp3) is 0.846. The molecule has 1 rings (SSSR count). The zero-order chi connectivity index (χ0) is 13.5. The lowest BCUT2D eigenvalue weighted by molar-refractivity contribution is 0.145. The summed E-state index contributed by atoms with van der Waals surface area (Å²) in [5.41, 5.74) is 0. The van der Waals surface area contributed by atoms with Crippen molar-refractivity contribution in [3.05, 3.63) is 12.2 Å². The van der Waals surface area contributed by atoms with Crippen molar-refractivity contribution in [3.63, 3.8) is 0 Å². The summed E-state index contributed by atoms with van der Waals surface area (Å²) in [5.74, 6) is 2.10. The molecule has 0 aliphatic rings. The van der Waals surface area contributed by atoms with Crippen molar-refractivity contribution in [2.75, 3.05) is 13.7 Å². The predicted molar refractivity (Wildman–Crippen MR) is 72.2 cm³/mol. The van der Waals surface area contributed by atoms with Gasteiger partial charge in [-0.15, -0.1) is 0 Å². The molecule has 1 unspecified atom stereocenters. The Morgan fingerprint density at radius 2 is 2.06 bits per heavy atom. The van der Waals surface area contributed by atoms with E-state index in [2.05, 4.69) is 43.1 Å². The van der Waals surface area contributed by atoms with Crippen LogP contribution in [0.2, 0.25) is 0 Å². The lowest BCUT2D eigenvalue weighted by atomic mass is 10.1. The number of rotatable bonds is 8. The van der Waals surface area contributed by atoms with E-state index in [9.17, 15) is 0 Å². The molecule has 0 aromatic carbocycles. The Bertz CT molecular complexity index is 335. The summed E-state index contributed by atoms with van der Waals surface area (Å²) in [7, 11) is 1.73. The number of nitrogens with zero attached hydrogens (tertiary/aromatic N) is 3. The van der Waals surface area contributed by atoms with E-state index in [1.54, 1.807) is 13.4 Å². The Morgan fingerprint density at radius 1 is 1.33 bits per heavy atom. The molecule has 5 heteroatoms. The molecule has 104 valence electrons. The molecule has 0 spiro atoms. The topological polar surface area (TPSA) is 52.0 Å². The molecule has 1 N–H and O–H groups in total.